The fourth-order valence-corrected chi connectivity index (χ4v) is 3.53. The minimum absolute atomic E-state index is 0.0526. The van der Waals surface area contributed by atoms with E-state index < -0.39 is 11.8 Å². The van der Waals surface area contributed by atoms with Crippen LogP contribution in [0.5, 0.6) is 0 Å². The molecule has 1 aliphatic carbocycles. The van der Waals surface area contributed by atoms with Crippen LogP contribution in [0.1, 0.15) is 29.2 Å². The molecule has 0 radical (unpaired) electrons. The first-order chi connectivity index (χ1) is 11.1. The Morgan fingerprint density at radius 2 is 1.78 bits per heavy atom. The largest absolute Gasteiger partial charge is 0.365 e. The Kier molecular flexibility index (Phi) is 3.20. The maximum Gasteiger partial charge on any atom is 0.167 e. The van der Waals surface area contributed by atoms with Crippen molar-refractivity contribution in [1.29, 1.82) is 0 Å². The van der Waals surface area contributed by atoms with Crippen molar-refractivity contribution in [3.8, 4) is 0 Å². The molecule has 1 saturated heterocycles. The van der Waals surface area contributed by atoms with Gasteiger partial charge in [0, 0.05) is 11.1 Å². The Morgan fingerprint density at radius 1 is 1.09 bits per heavy atom. The second-order valence-corrected chi connectivity index (χ2v) is 6.32. The molecule has 0 N–H and O–H groups in total. The van der Waals surface area contributed by atoms with Gasteiger partial charge < -0.3 is 4.74 Å². The molecule has 1 fully saturated rings. The van der Waals surface area contributed by atoms with Crippen LogP contribution in [0.4, 0.5) is 4.39 Å². The zero-order valence-corrected chi connectivity index (χ0v) is 12.9. The first-order valence-electron chi connectivity index (χ1n) is 7.79. The highest BCUT2D eigenvalue weighted by atomic mass is 19.1. The molecular formula is C20H17FO2. The summed E-state index contributed by atoms with van der Waals surface area (Å²) in [6.07, 6.45) is -0.600. The molecule has 23 heavy (non-hydrogen) atoms. The third-order valence-corrected chi connectivity index (χ3v) is 4.66. The van der Waals surface area contributed by atoms with Gasteiger partial charge in [-0.25, -0.2) is 4.39 Å². The van der Waals surface area contributed by atoms with Crippen LogP contribution in [0.2, 0.25) is 0 Å². The van der Waals surface area contributed by atoms with E-state index in [-0.39, 0.29) is 18.8 Å². The number of aryl methyl sites for hydroxylation is 1. The zero-order chi connectivity index (χ0) is 16.0. The third kappa shape index (κ3) is 2.23. The van der Waals surface area contributed by atoms with Crippen molar-refractivity contribution in [2.24, 2.45) is 0 Å². The molecule has 2 aliphatic rings. The molecule has 4 rings (SSSR count). The normalized spacial score (nSPS) is 26.7. The quantitative estimate of drug-likeness (QED) is 0.831. The molecule has 3 heteroatoms. The van der Waals surface area contributed by atoms with E-state index in [9.17, 15) is 4.79 Å². The fourth-order valence-electron chi connectivity index (χ4n) is 3.53. The molecule has 2 nitrogen and oxygen atoms in total. The van der Waals surface area contributed by atoms with Crippen LogP contribution in [0.25, 0.3) is 5.57 Å². The van der Waals surface area contributed by atoms with Crippen molar-refractivity contribution in [1.82, 2.24) is 0 Å². The molecule has 2 aromatic carbocycles. The predicted octanol–water partition coefficient (Wildman–Crippen LogP) is 4.20. The van der Waals surface area contributed by atoms with Gasteiger partial charge in [0.25, 0.3) is 0 Å². The molecule has 116 valence electrons. The lowest BCUT2D eigenvalue weighted by Gasteiger charge is -2.16. The van der Waals surface area contributed by atoms with Crippen molar-refractivity contribution in [2.75, 3.05) is 6.61 Å². The molecule has 0 amide bonds. The van der Waals surface area contributed by atoms with Gasteiger partial charge in [0.05, 0.1) is 13.0 Å². The molecule has 2 aromatic rings. The number of hydrogen-bond acceptors (Lipinski definition) is 2. The Balaban J connectivity index is 1.88. The monoisotopic (exact) mass is 308 g/mol. The van der Waals surface area contributed by atoms with Crippen LogP contribution in [-0.4, -0.2) is 18.1 Å². The van der Waals surface area contributed by atoms with Crippen LogP contribution in [0.3, 0.4) is 0 Å². The number of alkyl halides is 1. The van der Waals surface area contributed by atoms with Crippen molar-refractivity contribution in [2.45, 2.75) is 25.1 Å². The van der Waals surface area contributed by atoms with E-state index in [1.165, 1.54) is 0 Å². The van der Waals surface area contributed by atoms with E-state index in [2.05, 4.69) is 0 Å². The summed E-state index contributed by atoms with van der Waals surface area (Å²) in [5.74, 6) is -0.130. The van der Waals surface area contributed by atoms with E-state index in [0.29, 0.717) is 11.1 Å². The number of ether oxygens (including phenoxy) is 1. The summed E-state index contributed by atoms with van der Waals surface area (Å²) in [4.78, 5) is 12.5. The molecule has 0 aromatic heterocycles. The van der Waals surface area contributed by atoms with Crippen molar-refractivity contribution >= 4 is 11.4 Å². The number of Topliss-reactive ketones (excluding diaryl/α,β-unsaturated/α-hetero) is 1. The van der Waals surface area contributed by atoms with E-state index in [1.54, 1.807) is 0 Å². The number of ketones is 1. The minimum atomic E-state index is -1.67. The van der Waals surface area contributed by atoms with Gasteiger partial charge in [-0.1, -0.05) is 60.2 Å². The number of benzene rings is 2. The predicted molar refractivity (Wildman–Crippen MR) is 86.7 cm³/mol. The number of fused-ring (bicyclic) bond motifs is 1. The van der Waals surface area contributed by atoms with Gasteiger partial charge in [0.1, 0.15) is 6.10 Å². The maximum absolute atomic E-state index is 15.3. The molecule has 2 atom stereocenters. The zero-order valence-electron chi connectivity index (χ0n) is 12.9. The molecular weight excluding hydrogens is 291 g/mol. The summed E-state index contributed by atoms with van der Waals surface area (Å²) in [5.41, 5.74) is 2.13. The third-order valence-electron chi connectivity index (χ3n) is 4.66. The molecule has 0 saturated carbocycles. The summed E-state index contributed by atoms with van der Waals surface area (Å²) in [6.45, 7) is 1.95. The average Bonchev–Trinajstić information content (AvgIpc) is 3.00. The summed E-state index contributed by atoms with van der Waals surface area (Å²) in [7, 11) is 0. The molecule has 1 aliphatic heterocycles. The smallest absolute Gasteiger partial charge is 0.167 e. The van der Waals surface area contributed by atoms with E-state index in [1.807, 2.05) is 61.5 Å². The van der Waals surface area contributed by atoms with Crippen LogP contribution in [0, 0.1) is 6.92 Å². The Morgan fingerprint density at radius 3 is 2.48 bits per heavy atom. The highest BCUT2D eigenvalue weighted by molar-refractivity contribution is 6.25. The van der Waals surface area contributed by atoms with Crippen molar-refractivity contribution < 1.29 is 13.9 Å². The average molecular weight is 308 g/mol. The lowest BCUT2D eigenvalue weighted by molar-refractivity contribution is -0.115. The Hall–Kier alpha value is -2.26. The SMILES string of the molecule is Cc1ccc(C2OC[C@@]3(F)CC(=O)C(c4ccccc4)=C23)cc1. The van der Waals surface area contributed by atoms with Gasteiger partial charge in [-0.15, -0.1) is 0 Å². The minimum Gasteiger partial charge on any atom is -0.365 e. The van der Waals surface area contributed by atoms with Crippen LogP contribution in [-0.2, 0) is 9.53 Å². The summed E-state index contributed by atoms with van der Waals surface area (Å²) >= 11 is 0. The second-order valence-electron chi connectivity index (χ2n) is 6.32. The number of hydrogen-bond donors (Lipinski definition) is 0. The maximum atomic E-state index is 15.3. The first kappa shape index (κ1) is 14.3. The van der Waals surface area contributed by atoms with Crippen molar-refractivity contribution in [3.63, 3.8) is 0 Å². The van der Waals surface area contributed by atoms with Gasteiger partial charge in [-0.05, 0) is 18.1 Å². The summed E-state index contributed by atoms with van der Waals surface area (Å²) in [5, 5.41) is 0. The number of allylic oxidation sites excluding steroid dienone is 1. The van der Waals surface area contributed by atoms with E-state index >= 15 is 4.39 Å². The highest BCUT2D eigenvalue weighted by Crippen LogP contribution is 2.53. The number of carbonyl (C=O) groups excluding carboxylic acids is 1. The lowest BCUT2D eigenvalue weighted by Crippen LogP contribution is -2.22. The highest BCUT2D eigenvalue weighted by Gasteiger charge is 2.54. The van der Waals surface area contributed by atoms with Gasteiger partial charge >= 0.3 is 0 Å². The standard InChI is InChI=1S/C20H17FO2/c1-13-7-9-15(10-8-13)19-18-17(14-5-3-2-4-6-14)16(22)11-20(18,21)12-23-19/h2-10,19H,11-12H2,1H3/t19?,20-/m0/s1. The molecule has 0 spiro atoms. The van der Waals surface area contributed by atoms with E-state index in [0.717, 1.165) is 16.7 Å². The fraction of sp³-hybridized carbons (Fsp3) is 0.250. The molecule has 1 unspecified atom stereocenters. The first-order valence-corrected chi connectivity index (χ1v) is 7.79. The van der Waals surface area contributed by atoms with Gasteiger partial charge in [0.2, 0.25) is 0 Å². The Bertz CT molecular complexity index is 792. The van der Waals surface area contributed by atoms with Gasteiger partial charge in [-0.2, -0.15) is 0 Å². The molecule has 1 heterocycles. The number of carbonyl (C=O) groups is 1. The van der Waals surface area contributed by atoms with Crippen molar-refractivity contribution in [3.05, 3.63) is 76.9 Å². The second kappa shape index (κ2) is 5.14. The van der Waals surface area contributed by atoms with Gasteiger partial charge in [-0.3, -0.25) is 4.79 Å². The molecule has 0 bridgehead atoms. The summed E-state index contributed by atoms with van der Waals surface area (Å²) in [6, 6.07) is 17.2. The van der Waals surface area contributed by atoms with Gasteiger partial charge in [0.15, 0.2) is 11.5 Å². The lowest BCUT2D eigenvalue weighted by atomic mass is 9.90. The summed E-state index contributed by atoms with van der Waals surface area (Å²) < 4.78 is 21.1. The van der Waals surface area contributed by atoms with Crippen LogP contribution in [0.15, 0.2) is 60.2 Å². The van der Waals surface area contributed by atoms with Crippen LogP contribution >= 0.6 is 0 Å². The van der Waals surface area contributed by atoms with E-state index in [4.69, 9.17) is 4.74 Å². The topological polar surface area (TPSA) is 26.3 Å². The number of rotatable bonds is 2. The van der Waals surface area contributed by atoms with Crippen LogP contribution < -0.4 is 0 Å². The Labute approximate surface area is 134 Å². The number of halogens is 1.